The Kier molecular flexibility index (Phi) is 6.60. The first-order chi connectivity index (χ1) is 16.2. The third-order valence-corrected chi connectivity index (χ3v) is 6.82. The summed E-state index contributed by atoms with van der Waals surface area (Å²) in [4.78, 5) is 18.2. The van der Waals surface area contributed by atoms with Crippen LogP contribution in [0.1, 0.15) is 17.5 Å². The number of piperidine rings is 1. The van der Waals surface area contributed by atoms with Gasteiger partial charge in [0.15, 0.2) is 0 Å². The summed E-state index contributed by atoms with van der Waals surface area (Å²) in [5, 5.41) is 20.6. The maximum absolute atomic E-state index is 14.8. The summed E-state index contributed by atoms with van der Waals surface area (Å²) >= 11 is 0. The average molecular weight is 476 g/mol. The lowest BCUT2D eigenvalue weighted by atomic mass is 9.89. The second-order valence-corrected chi connectivity index (χ2v) is 9.04. The van der Waals surface area contributed by atoms with Gasteiger partial charge in [0.25, 0.3) is 0 Å². The Morgan fingerprint density at radius 1 is 1.24 bits per heavy atom. The zero-order chi connectivity index (χ0) is 24.6. The Balaban J connectivity index is 1.77. The smallest absolute Gasteiger partial charge is 0.321 e. The van der Waals surface area contributed by atoms with Crippen LogP contribution in [0.5, 0.6) is 5.75 Å². The van der Waals surface area contributed by atoms with E-state index in [0.717, 1.165) is 18.2 Å². The van der Waals surface area contributed by atoms with Crippen molar-refractivity contribution in [1.29, 1.82) is 0 Å². The SMILES string of the molecule is CN1CCC(N(C)C(=O)N2CC(c3cc(F)ccc3F)=C[C@@]2(CO)c2cccc(O)c2)C(F)C1. The number of rotatable bonds is 4. The predicted molar refractivity (Wildman–Crippen MR) is 122 cm³/mol. The van der Waals surface area contributed by atoms with E-state index in [0.29, 0.717) is 24.1 Å². The molecule has 0 radical (unpaired) electrons. The van der Waals surface area contributed by atoms with Gasteiger partial charge in [0.1, 0.15) is 29.1 Å². The highest BCUT2D eigenvalue weighted by Gasteiger charge is 2.47. The van der Waals surface area contributed by atoms with Crippen LogP contribution in [0.15, 0.2) is 48.5 Å². The first-order valence-electron chi connectivity index (χ1n) is 11.1. The first kappa shape index (κ1) is 24.1. The number of phenolic OH excluding ortho intramolecular Hbond substituents is 1. The van der Waals surface area contributed by atoms with Gasteiger partial charge < -0.3 is 24.9 Å². The molecular weight excluding hydrogens is 447 g/mol. The van der Waals surface area contributed by atoms with Crippen molar-refractivity contribution >= 4 is 11.6 Å². The van der Waals surface area contributed by atoms with Crippen molar-refractivity contribution < 1.29 is 28.2 Å². The molecule has 6 nitrogen and oxygen atoms in total. The van der Waals surface area contributed by atoms with E-state index in [2.05, 4.69) is 0 Å². The Morgan fingerprint density at radius 3 is 2.68 bits per heavy atom. The fourth-order valence-corrected chi connectivity index (χ4v) is 4.92. The van der Waals surface area contributed by atoms with Gasteiger partial charge in [0, 0.05) is 32.2 Å². The zero-order valence-corrected chi connectivity index (χ0v) is 19.1. The fourth-order valence-electron chi connectivity index (χ4n) is 4.92. The highest BCUT2D eigenvalue weighted by atomic mass is 19.1. The number of amides is 2. The van der Waals surface area contributed by atoms with Crippen molar-refractivity contribution in [2.75, 3.05) is 40.3 Å². The number of hydrogen-bond donors (Lipinski definition) is 2. The normalized spacial score (nSPS) is 25.4. The molecule has 1 saturated heterocycles. The van der Waals surface area contributed by atoms with Crippen molar-refractivity contribution in [3.05, 3.63) is 71.3 Å². The highest BCUT2D eigenvalue weighted by molar-refractivity contribution is 5.84. The number of benzene rings is 2. The van der Waals surface area contributed by atoms with Crippen molar-refractivity contribution in [2.45, 2.75) is 24.2 Å². The molecule has 0 bridgehead atoms. The first-order valence-corrected chi connectivity index (χ1v) is 11.1. The zero-order valence-electron chi connectivity index (χ0n) is 19.1. The third-order valence-electron chi connectivity index (χ3n) is 6.82. The van der Waals surface area contributed by atoms with Gasteiger partial charge >= 0.3 is 6.03 Å². The van der Waals surface area contributed by atoms with Crippen LogP contribution >= 0.6 is 0 Å². The molecule has 2 aliphatic heterocycles. The molecule has 0 saturated carbocycles. The second-order valence-electron chi connectivity index (χ2n) is 9.04. The average Bonchev–Trinajstić information content (AvgIpc) is 3.20. The number of carbonyl (C=O) groups is 1. The highest BCUT2D eigenvalue weighted by Crippen LogP contribution is 2.42. The number of carbonyl (C=O) groups excluding carboxylic acids is 1. The fraction of sp³-hybridized carbons (Fsp3) is 0.400. The lowest BCUT2D eigenvalue weighted by Crippen LogP contribution is -2.58. The lowest BCUT2D eigenvalue weighted by molar-refractivity contribution is 0.0417. The molecule has 2 heterocycles. The summed E-state index contributed by atoms with van der Waals surface area (Å²) in [7, 11) is 3.32. The van der Waals surface area contributed by atoms with Gasteiger partial charge in [0.05, 0.1) is 12.6 Å². The van der Waals surface area contributed by atoms with E-state index < -0.39 is 42.0 Å². The van der Waals surface area contributed by atoms with E-state index in [-0.39, 0.29) is 24.4 Å². The Morgan fingerprint density at radius 2 is 2.00 bits per heavy atom. The quantitative estimate of drug-likeness (QED) is 0.712. The van der Waals surface area contributed by atoms with E-state index in [1.807, 2.05) is 11.9 Å². The molecule has 2 aromatic carbocycles. The summed E-state index contributed by atoms with van der Waals surface area (Å²) < 4.78 is 43.4. The molecule has 2 amide bonds. The molecule has 182 valence electrons. The minimum absolute atomic E-state index is 0.0291. The lowest BCUT2D eigenvalue weighted by Gasteiger charge is -2.43. The topological polar surface area (TPSA) is 67.2 Å². The molecular formula is C25H28F3N3O3. The van der Waals surface area contributed by atoms with Gasteiger partial charge in [-0.15, -0.1) is 0 Å². The number of halogens is 3. The number of nitrogens with zero attached hydrogens (tertiary/aromatic N) is 3. The molecule has 0 spiro atoms. The molecule has 34 heavy (non-hydrogen) atoms. The Bertz CT molecular complexity index is 1110. The maximum Gasteiger partial charge on any atom is 0.321 e. The number of aliphatic hydroxyl groups excluding tert-OH is 1. The van der Waals surface area contributed by atoms with Crippen LogP contribution in [0.2, 0.25) is 0 Å². The number of aliphatic hydroxyl groups is 1. The molecule has 9 heteroatoms. The molecule has 2 aliphatic rings. The van der Waals surface area contributed by atoms with Gasteiger partial charge in [-0.1, -0.05) is 12.1 Å². The number of likely N-dealkylation sites (tertiary alicyclic amines) is 1. The van der Waals surface area contributed by atoms with Gasteiger partial charge in [-0.3, -0.25) is 0 Å². The van der Waals surface area contributed by atoms with Crippen molar-refractivity contribution in [2.24, 2.45) is 0 Å². The number of alkyl halides is 1. The molecule has 3 atom stereocenters. The molecule has 0 aliphatic carbocycles. The van der Waals surface area contributed by atoms with Crippen molar-refractivity contribution in [3.63, 3.8) is 0 Å². The van der Waals surface area contributed by atoms with Crippen LogP contribution in [-0.2, 0) is 5.54 Å². The van der Waals surface area contributed by atoms with E-state index in [1.165, 1.54) is 35.1 Å². The second kappa shape index (κ2) is 9.31. The monoisotopic (exact) mass is 475 g/mol. The van der Waals surface area contributed by atoms with Gasteiger partial charge in [-0.05, 0) is 61.0 Å². The van der Waals surface area contributed by atoms with Gasteiger partial charge in [-0.2, -0.15) is 0 Å². The number of urea groups is 1. The maximum atomic E-state index is 14.8. The van der Waals surface area contributed by atoms with Crippen LogP contribution in [0, 0.1) is 11.6 Å². The molecule has 2 aromatic rings. The summed E-state index contributed by atoms with van der Waals surface area (Å²) in [5.41, 5.74) is -0.797. The van der Waals surface area contributed by atoms with Crippen LogP contribution in [-0.4, -0.2) is 83.5 Å². The standard InChI is InChI=1S/C25H28F3N3O3/c1-29-9-8-23(22(28)14-29)30(2)24(34)31-13-16(20-11-18(26)6-7-21(20)27)12-25(31,15-32)17-4-3-5-19(33)10-17/h3-7,10-12,22-23,32-33H,8-9,13-15H2,1-2H3/t22?,23?,25-/m1/s1. The van der Waals surface area contributed by atoms with Crippen molar-refractivity contribution in [3.8, 4) is 5.75 Å². The van der Waals surface area contributed by atoms with E-state index in [4.69, 9.17) is 0 Å². The van der Waals surface area contributed by atoms with Gasteiger partial charge in [-0.25, -0.2) is 18.0 Å². The van der Waals surface area contributed by atoms with Gasteiger partial charge in [0.2, 0.25) is 0 Å². The minimum atomic E-state index is -1.46. The van der Waals surface area contributed by atoms with Crippen LogP contribution in [0.4, 0.5) is 18.0 Å². The van der Waals surface area contributed by atoms with Crippen LogP contribution in [0.25, 0.3) is 5.57 Å². The van der Waals surface area contributed by atoms with Crippen LogP contribution < -0.4 is 0 Å². The Hall–Kier alpha value is -3.04. The number of aromatic hydroxyl groups is 1. The number of hydrogen-bond acceptors (Lipinski definition) is 4. The third kappa shape index (κ3) is 4.25. The molecule has 0 aromatic heterocycles. The molecule has 2 unspecified atom stereocenters. The minimum Gasteiger partial charge on any atom is -0.508 e. The van der Waals surface area contributed by atoms with Crippen LogP contribution in [0.3, 0.4) is 0 Å². The largest absolute Gasteiger partial charge is 0.508 e. The van der Waals surface area contributed by atoms with E-state index >= 15 is 0 Å². The number of phenols is 1. The summed E-state index contributed by atoms with van der Waals surface area (Å²) in [6.07, 6.45) is 0.699. The summed E-state index contributed by atoms with van der Waals surface area (Å²) in [6, 6.07) is 7.87. The van der Waals surface area contributed by atoms with E-state index in [9.17, 15) is 28.2 Å². The van der Waals surface area contributed by atoms with Crippen molar-refractivity contribution in [1.82, 2.24) is 14.7 Å². The molecule has 2 N–H and O–H groups in total. The predicted octanol–water partition coefficient (Wildman–Crippen LogP) is 3.35. The molecule has 4 rings (SSSR count). The summed E-state index contributed by atoms with van der Waals surface area (Å²) in [6.45, 7) is 0.0999. The van der Waals surface area contributed by atoms with E-state index in [1.54, 1.807) is 12.1 Å². The Labute approximate surface area is 196 Å². The summed E-state index contributed by atoms with van der Waals surface area (Å²) in [5.74, 6) is -1.39. The molecule has 1 fully saturated rings.